The van der Waals surface area contributed by atoms with Gasteiger partial charge in [-0.2, -0.15) is 0 Å². The van der Waals surface area contributed by atoms with Crippen LogP contribution in [0.5, 0.6) is 0 Å². The molecule has 6 nitrogen and oxygen atoms in total. The first-order valence-corrected chi connectivity index (χ1v) is 12.2. The Balaban J connectivity index is 1.38. The molecule has 0 aliphatic carbocycles. The molecule has 1 atom stereocenters. The molecule has 0 saturated heterocycles. The fourth-order valence-corrected chi connectivity index (χ4v) is 5.50. The monoisotopic (exact) mass is 496 g/mol. The minimum absolute atomic E-state index is 0.00775. The average Bonchev–Trinajstić information content (AvgIpc) is 3.28. The number of aromatic amines is 2. The summed E-state index contributed by atoms with van der Waals surface area (Å²) < 4.78 is 0.228. The topological polar surface area (TPSA) is 81.0 Å². The van der Waals surface area contributed by atoms with Crippen molar-refractivity contribution in [3.8, 4) is 0 Å². The van der Waals surface area contributed by atoms with Gasteiger partial charge in [-0.25, -0.2) is 0 Å². The van der Waals surface area contributed by atoms with E-state index in [1.807, 2.05) is 24.3 Å². The zero-order valence-electron chi connectivity index (χ0n) is 17.6. The Hall–Kier alpha value is -2.78. The van der Waals surface area contributed by atoms with Gasteiger partial charge in [0, 0.05) is 35.1 Å². The van der Waals surface area contributed by atoms with E-state index < -0.39 is 0 Å². The number of benzene rings is 2. The highest BCUT2D eigenvalue weighted by Gasteiger charge is 2.26. The van der Waals surface area contributed by atoms with Crippen LogP contribution in [-0.2, 0) is 13.0 Å². The van der Waals surface area contributed by atoms with Crippen LogP contribution >= 0.6 is 35.2 Å². The quantitative estimate of drug-likeness (QED) is 0.346. The maximum atomic E-state index is 13.0. The molecule has 1 unspecified atom stereocenters. The number of amides is 1. The van der Waals surface area contributed by atoms with Crippen molar-refractivity contribution in [2.75, 3.05) is 13.1 Å². The van der Waals surface area contributed by atoms with Crippen LogP contribution in [0.15, 0.2) is 58.7 Å². The van der Waals surface area contributed by atoms with Crippen LogP contribution < -0.4 is 10.9 Å². The number of fused-ring (bicyclic) bond motifs is 2. The van der Waals surface area contributed by atoms with Gasteiger partial charge in [0.25, 0.3) is 11.5 Å². The van der Waals surface area contributed by atoms with E-state index in [0.717, 1.165) is 25.1 Å². The third-order valence-corrected chi connectivity index (χ3v) is 7.47. The van der Waals surface area contributed by atoms with Crippen molar-refractivity contribution >= 4 is 52.0 Å². The number of halogens is 1. The minimum atomic E-state index is -0.276. The largest absolute Gasteiger partial charge is 0.350 e. The summed E-state index contributed by atoms with van der Waals surface area (Å²) in [6.45, 7) is 2.21. The second kappa shape index (κ2) is 9.23. The summed E-state index contributed by atoms with van der Waals surface area (Å²) in [6, 6.07) is 14.9. The lowest BCUT2D eigenvalue weighted by molar-refractivity contribution is 0.0928. The molecule has 0 spiro atoms. The molecule has 0 bridgehead atoms. The van der Waals surface area contributed by atoms with Crippen LogP contribution in [0.2, 0.25) is 5.02 Å². The summed E-state index contributed by atoms with van der Waals surface area (Å²) in [5, 5.41) is 6.37. The number of H-pyrrole nitrogens is 2. The third kappa shape index (κ3) is 4.65. The fourth-order valence-electron chi connectivity index (χ4n) is 4.28. The van der Waals surface area contributed by atoms with Crippen LogP contribution in [0.4, 0.5) is 0 Å². The normalized spacial score (nSPS) is 14.7. The summed E-state index contributed by atoms with van der Waals surface area (Å²) in [7, 11) is 0. The Morgan fingerprint density at radius 3 is 2.82 bits per heavy atom. The Morgan fingerprint density at radius 1 is 1.18 bits per heavy atom. The molecule has 168 valence electrons. The number of thiophene rings is 1. The van der Waals surface area contributed by atoms with Gasteiger partial charge in [0.1, 0.15) is 0 Å². The molecule has 2 aromatic carbocycles. The Morgan fingerprint density at radius 2 is 2.00 bits per heavy atom. The molecule has 1 aliphatic heterocycles. The molecule has 3 heterocycles. The fraction of sp³-hybridized carbons (Fsp3) is 0.208. The van der Waals surface area contributed by atoms with Gasteiger partial charge in [0.05, 0.1) is 16.9 Å². The number of nitrogens with one attached hydrogen (secondary N) is 3. The van der Waals surface area contributed by atoms with Crippen LogP contribution in [0.1, 0.15) is 32.4 Å². The third-order valence-electron chi connectivity index (χ3n) is 5.99. The number of hydrogen-bond acceptors (Lipinski definition) is 5. The van der Waals surface area contributed by atoms with E-state index >= 15 is 0 Å². The molecule has 3 N–H and O–H groups in total. The molecule has 1 aliphatic rings. The highest BCUT2D eigenvalue weighted by Crippen LogP contribution is 2.30. The van der Waals surface area contributed by atoms with Crippen molar-refractivity contribution < 1.29 is 4.79 Å². The predicted molar refractivity (Wildman–Crippen MR) is 135 cm³/mol. The first-order valence-electron chi connectivity index (χ1n) is 10.6. The van der Waals surface area contributed by atoms with Gasteiger partial charge >= 0.3 is 0 Å². The van der Waals surface area contributed by atoms with Gasteiger partial charge in [0.15, 0.2) is 4.77 Å². The van der Waals surface area contributed by atoms with E-state index in [4.69, 9.17) is 23.8 Å². The number of rotatable bonds is 5. The molecule has 0 saturated carbocycles. The van der Waals surface area contributed by atoms with E-state index in [1.54, 1.807) is 29.5 Å². The lowest BCUT2D eigenvalue weighted by Gasteiger charge is -2.35. The Bertz CT molecular complexity index is 1440. The zero-order chi connectivity index (χ0) is 22.9. The SMILES string of the molecule is O=C(NCC(c1ccc(Cl)cc1)N1CCc2sccc2C1)c1ccc2c(=O)[nH]c(=S)[nH]c2c1. The Kier molecular flexibility index (Phi) is 6.16. The standard InChI is InChI=1S/C24H21ClN4O2S2/c25-17-4-1-14(2-5-17)20(29-9-7-21-16(13-29)8-10-33-21)12-26-22(30)15-3-6-18-19(11-15)27-24(32)28-23(18)31/h1-6,8,10-11,20H,7,9,12-13H2,(H,26,30)(H2,27,28,31,32). The van der Waals surface area contributed by atoms with Gasteiger partial charge < -0.3 is 10.3 Å². The minimum Gasteiger partial charge on any atom is -0.350 e. The smallest absolute Gasteiger partial charge is 0.259 e. The summed E-state index contributed by atoms with van der Waals surface area (Å²) in [6.07, 6.45) is 1.00. The molecular formula is C24H21ClN4O2S2. The number of hydrogen-bond donors (Lipinski definition) is 3. The molecule has 4 aromatic rings. The average molecular weight is 497 g/mol. The predicted octanol–water partition coefficient (Wildman–Crippen LogP) is 4.83. The lowest BCUT2D eigenvalue weighted by Crippen LogP contribution is -2.40. The van der Waals surface area contributed by atoms with E-state index in [0.29, 0.717) is 28.0 Å². The number of aromatic nitrogens is 2. The molecule has 33 heavy (non-hydrogen) atoms. The number of nitrogens with zero attached hydrogens (tertiary/aromatic N) is 1. The number of carbonyl (C=O) groups is 1. The van der Waals surface area contributed by atoms with Gasteiger partial charge in [0.2, 0.25) is 0 Å². The van der Waals surface area contributed by atoms with E-state index in [9.17, 15) is 9.59 Å². The first-order chi connectivity index (χ1) is 16.0. The summed E-state index contributed by atoms with van der Waals surface area (Å²) >= 11 is 13.0. The van der Waals surface area contributed by atoms with Crippen LogP contribution in [0.25, 0.3) is 10.9 Å². The molecule has 5 rings (SSSR count). The van der Waals surface area contributed by atoms with Crippen LogP contribution in [0, 0.1) is 4.77 Å². The van der Waals surface area contributed by atoms with Gasteiger partial charge in [-0.1, -0.05) is 23.7 Å². The maximum absolute atomic E-state index is 13.0. The second-order valence-corrected chi connectivity index (χ2v) is 9.88. The molecule has 2 aromatic heterocycles. The van der Waals surface area contributed by atoms with Gasteiger partial charge in [-0.3, -0.25) is 19.5 Å². The van der Waals surface area contributed by atoms with E-state index in [2.05, 4.69) is 31.6 Å². The molecule has 0 fully saturated rings. The van der Waals surface area contributed by atoms with E-state index in [-0.39, 0.29) is 22.3 Å². The summed E-state index contributed by atoms with van der Waals surface area (Å²) in [4.78, 5) is 34.4. The highest BCUT2D eigenvalue weighted by molar-refractivity contribution is 7.71. The van der Waals surface area contributed by atoms with Crippen molar-refractivity contribution in [1.29, 1.82) is 0 Å². The van der Waals surface area contributed by atoms with Crippen molar-refractivity contribution in [1.82, 2.24) is 20.2 Å². The van der Waals surface area contributed by atoms with Gasteiger partial charge in [-0.05, 0) is 71.5 Å². The molecule has 9 heteroatoms. The molecule has 0 radical (unpaired) electrons. The summed E-state index contributed by atoms with van der Waals surface area (Å²) in [5.74, 6) is -0.205. The van der Waals surface area contributed by atoms with Gasteiger partial charge in [-0.15, -0.1) is 11.3 Å². The highest BCUT2D eigenvalue weighted by atomic mass is 35.5. The zero-order valence-corrected chi connectivity index (χ0v) is 19.9. The summed E-state index contributed by atoms with van der Waals surface area (Å²) in [5.41, 5.74) is 3.18. The van der Waals surface area contributed by atoms with Crippen molar-refractivity contribution in [2.45, 2.75) is 19.0 Å². The lowest BCUT2D eigenvalue weighted by atomic mass is 10.0. The second-order valence-electron chi connectivity index (χ2n) is 8.04. The van der Waals surface area contributed by atoms with Crippen molar-refractivity contribution in [3.63, 3.8) is 0 Å². The molecular weight excluding hydrogens is 476 g/mol. The molecule has 1 amide bonds. The maximum Gasteiger partial charge on any atom is 0.259 e. The van der Waals surface area contributed by atoms with Crippen LogP contribution in [-0.4, -0.2) is 33.9 Å². The van der Waals surface area contributed by atoms with Crippen molar-refractivity contribution in [2.24, 2.45) is 0 Å². The van der Waals surface area contributed by atoms with Crippen LogP contribution in [0.3, 0.4) is 0 Å². The first kappa shape index (κ1) is 22.0. The van der Waals surface area contributed by atoms with Crippen molar-refractivity contribution in [3.05, 3.63) is 95.6 Å². The van der Waals surface area contributed by atoms with E-state index in [1.165, 1.54) is 10.4 Å². The number of carbonyl (C=O) groups excluding carboxylic acids is 1. The Labute approximate surface area is 204 Å².